The van der Waals surface area contributed by atoms with Crippen LogP contribution in [0.15, 0.2) is 18.3 Å². The van der Waals surface area contributed by atoms with E-state index >= 15 is 0 Å². The molecule has 76 valence electrons. The third kappa shape index (κ3) is 2.57. The van der Waals surface area contributed by atoms with Crippen molar-refractivity contribution in [2.45, 2.75) is 12.8 Å². The van der Waals surface area contributed by atoms with Crippen LogP contribution in [-0.4, -0.2) is 16.1 Å². The predicted octanol–water partition coefficient (Wildman–Crippen LogP) is 2.77. The molecule has 0 aliphatic carbocycles. The van der Waals surface area contributed by atoms with Gasteiger partial charge in [0.15, 0.2) is 5.78 Å². The zero-order valence-corrected chi connectivity index (χ0v) is 9.01. The van der Waals surface area contributed by atoms with Gasteiger partial charge in [0, 0.05) is 18.7 Å². The fourth-order valence-electron chi connectivity index (χ4n) is 0.896. The lowest BCUT2D eigenvalue weighted by Gasteiger charge is -2.08. The molecule has 0 aliphatic rings. The number of hydrogen-bond donors (Lipinski definition) is 0. The summed E-state index contributed by atoms with van der Waals surface area (Å²) in [6.07, 6.45) is 1.16. The molecular formula is C9H8BrF2NO. The maximum atomic E-state index is 12.7. The number of nitrogens with zero attached hydrogens (tertiary/aromatic N) is 1. The quantitative estimate of drug-likeness (QED) is 0.620. The second kappa shape index (κ2) is 4.13. The Kier molecular flexibility index (Phi) is 3.31. The number of Topliss-reactive ketones (excluding diaryl/α,β-unsaturated/α-hetero) is 1. The van der Waals surface area contributed by atoms with Crippen molar-refractivity contribution in [2.24, 2.45) is 0 Å². The van der Waals surface area contributed by atoms with Gasteiger partial charge in [-0.1, -0.05) is 15.9 Å². The Balaban J connectivity index is 2.95. The number of carbonyl (C=O) groups excluding carboxylic acids is 1. The lowest BCUT2D eigenvalue weighted by atomic mass is 10.1. The predicted molar refractivity (Wildman–Crippen MR) is 51.9 cm³/mol. The van der Waals surface area contributed by atoms with Crippen LogP contribution in [0.2, 0.25) is 0 Å². The summed E-state index contributed by atoms with van der Waals surface area (Å²) in [6, 6.07) is 2.51. The molecule has 0 aliphatic heterocycles. The van der Waals surface area contributed by atoms with Gasteiger partial charge in [-0.05, 0) is 12.1 Å². The van der Waals surface area contributed by atoms with Crippen LogP contribution in [0.1, 0.15) is 23.0 Å². The Bertz CT molecular complexity index is 332. The largest absolute Gasteiger partial charge is 0.293 e. The zero-order chi connectivity index (χ0) is 10.8. The summed E-state index contributed by atoms with van der Waals surface area (Å²) in [4.78, 5) is 14.6. The highest BCUT2D eigenvalue weighted by Crippen LogP contribution is 2.24. The van der Waals surface area contributed by atoms with E-state index in [0.717, 1.165) is 19.2 Å². The van der Waals surface area contributed by atoms with E-state index in [2.05, 4.69) is 20.9 Å². The Morgan fingerprint density at radius 3 is 2.57 bits per heavy atom. The molecule has 0 spiro atoms. The van der Waals surface area contributed by atoms with Crippen molar-refractivity contribution < 1.29 is 13.6 Å². The third-order valence-corrected chi connectivity index (χ3v) is 2.17. The fraction of sp³-hybridized carbons (Fsp3) is 0.333. The summed E-state index contributed by atoms with van der Waals surface area (Å²) in [6.45, 7) is 0.765. The highest BCUT2D eigenvalue weighted by molar-refractivity contribution is 9.09. The first-order valence-corrected chi connectivity index (χ1v) is 5.01. The van der Waals surface area contributed by atoms with E-state index < -0.39 is 5.92 Å². The number of pyridine rings is 1. The van der Waals surface area contributed by atoms with Crippen LogP contribution >= 0.6 is 15.9 Å². The minimum atomic E-state index is -2.96. The molecule has 0 fully saturated rings. The van der Waals surface area contributed by atoms with E-state index in [1.807, 2.05) is 0 Å². The first kappa shape index (κ1) is 11.2. The molecule has 5 heteroatoms. The molecule has 2 nitrogen and oxygen atoms in total. The van der Waals surface area contributed by atoms with Gasteiger partial charge >= 0.3 is 0 Å². The van der Waals surface area contributed by atoms with Crippen LogP contribution in [0.5, 0.6) is 0 Å². The van der Waals surface area contributed by atoms with Gasteiger partial charge in [0.2, 0.25) is 0 Å². The standard InChI is InChI=1S/C9H8BrF2NO/c1-9(11,12)8-3-2-6(5-13-8)7(14)4-10/h2-3,5H,4H2,1H3. The first-order valence-electron chi connectivity index (χ1n) is 3.88. The summed E-state index contributed by atoms with van der Waals surface area (Å²) in [7, 11) is 0. The van der Waals surface area contributed by atoms with Crippen LogP contribution in [0.25, 0.3) is 0 Å². The minimum absolute atomic E-state index is 0.163. The number of ketones is 1. The van der Waals surface area contributed by atoms with Crippen LogP contribution in [0, 0.1) is 0 Å². The topological polar surface area (TPSA) is 30.0 Å². The molecule has 1 aromatic rings. The number of alkyl halides is 3. The van der Waals surface area contributed by atoms with Gasteiger partial charge in [-0.2, -0.15) is 8.78 Å². The lowest BCUT2D eigenvalue weighted by molar-refractivity contribution is 0.0127. The molecule has 1 rings (SSSR count). The summed E-state index contributed by atoms with van der Waals surface area (Å²) >= 11 is 2.98. The summed E-state index contributed by atoms with van der Waals surface area (Å²) in [5.74, 6) is -3.14. The SMILES string of the molecule is CC(F)(F)c1ccc(C(=O)CBr)cn1. The van der Waals surface area contributed by atoms with Crippen LogP contribution in [0.4, 0.5) is 8.78 Å². The average Bonchev–Trinajstić information content (AvgIpc) is 2.15. The number of aromatic nitrogens is 1. The molecule has 0 aromatic carbocycles. The number of halogens is 3. The van der Waals surface area contributed by atoms with Crippen LogP contribution in [0.3, 0.4) is 0 Å². The second-order valence-electron chi connectivity index (χ2n) is 2.88. The smallest absolute Gasteiger partial charge is 0.286 e. The molecule has 0 saturated heterocycles. The summed E-state index contributed by atoms with van der Waals surface area (Å²) < 4.78 is 25.4. The molecule has 1 heterocycles. The maximum Gasteiger partial charge on any atom is 0.286 e. The number of hydrogen-bond acceptors (Lipinski definition) is 2. The van der Waals surface area contributed by atoms with E-state index in [-0.39, 0.29) is 16.8 Å². The van der Waals surface area contributed by atoms with Crippen molar-refractivity contribution in [3.05, 3.63) is 29.6 Å². The molecule has 0 amide bonds. The van der Waals surface area contributed by atoms with Crippen molar-refractivity contribution in [2.75, 3.05) is 5.33 Å². The van der Waals surface area contributed by atoms with E-state index in [1.54, 1.807) is 0 Å². The third-order valence-electron chi connectivity index (χ3n) is 1.66. The minimum Gasteiger partial charge on any atom is -0.293 e. The van der Waals surface area contributed by atoms with Gasteiger partial charge in [0.05, 0.1) is 5.33 Å². The van der Waals surface area contributed by atoms with Crippen molar-refractivity contribution in [1.82, 2.24) is 4.98 Å². The molecule has 0 unspecified atom stereocenters. The van der Waals surface area contributed by atoms with Gasteiger partial charge in [0.1, 0.15) is 5.69 Å². The monoisotopic (exact) mass is 263 g/mol. The average molecular weight is 264 g/mol. The van der Waals surface area contributed by atoms with Gasteiger partial charge in [0.25, 0.3) is 5.92 Å². The van der Waals surface area contributed by atoms with Crippen LogP contribution in [-0.2, 0) is 5.92 Å². The summed E-state index contributed by atoms with van der Waals surface area (Å²) in [5, 5.41) is 0.163. The van der Waals surface area contributed by atoms with Gasteiger partial charge in [-0.15, -0.1) is 0 Å². The highest BCUT2D eigenvalue weighted by atomic mass is 79.9. The highest BCUT2D eigenvalue weighted by Gasteiger charge is 2.25. The molecule has 14 heavy (non-hydrogen) atoms. The normalized spacial score (nSPS) is 11.4. The van der Waals surface area contributed by atoms with E-state index in [4.69, 9.17) is 0 Å². The van der Waals surface area contributed by atoms with Gasteiger partial charge in [-0.3, -0.25) is 9.78 Å². The Hall–Kier alpha value is -0.840. The second-order valence-corrected chi connectivity index (χ2v) is 3.44. The molecular weight excluding hydrogens is 256 g/mol. The van der Waals surface area contributed by atoms with E-state index in [0.29, 0.717) is 5.56 Å². The Morgan fingerprint density at radius 2 is 2.21 bits per heavy atom. The van der Waals surface area contributed by atoms with Crippen molar-refractivity contribution >= 4 is 21.7 Å². The van der Waals surface area contributed by atoms with Crippen molar-refractivity contribution in [1.29, 1.82) is 0 Å². The van der Waals surface area contributed by atoms with Gasteiger partial charge < -0.3 is 0 Å². The van der Waals surface area contributed by atoms with Crippen molar-refractivity contribution in [3.8, 4) is 0 Å². The molecule has 0 saturated carbocycles. The first-order chi connectivity index (χ1) is 6.45. The summed E-state index contributed by atoms with van der Waals surface area (Å²) in [5.41, 5.74) is -0.00139. The molecule has 0 radical (unpaired) electrons. The maximum absolute atomic E-state index is 12.7. The Morgan fingerprint density at radius 1 is 1.57 bits per heavy atom. The van der Waals surface area contributed by atoms with Crippen molar-refractivity contribution in [3.63, 3.8) is 0 Å². The molecule has 0 bridgehead atoms. The van der Waals surface area contributed by atoms with E-state index in [9.17, 15) is 13.6 Å². The van der Waals surface area contributed by atoms with Crippen LogP contribution < -0.4 is 0 Å². The number of rotatable bonds is 3. The number of carbonyl (C=O) groups is 1. The zero-order valence-electron chi connectivity index (χ0n) is 7.43. The van der Waals surface area contributed by atoms with E-state index in [1.165, 1.54) is 6.07 Å². The molecule has 0 atom stereocenters. The Labute approximate surface area is 88.5 Å². The fourth-order valence-corrected chi connectivity index (χ4v) is 1.22. The lowest BCUT2D eigenvalue weighted by Crippen LogP contribution is -2.10. The molecule has 0 N–H and O–H groups in total. The molecule has 1 aromatic heterocycles. The van der Waals surface area contributed by atoms with Gasteiger partial charge in [-0.25, -0.2) is 0 Å².